The molecule has 0 aliphatic rings. The molecular weight excluding hydrogens is 353 g/mol. The van der Waals surface area contributed by atoms with E-state index in [-0.39, 0.29) is 31.4 Å². The summed E-state index contributed by atoms with van der Waals surface area (Å²) in [6, 6.07) is 9.45. The van der Waals surface area contributed by atoms with Crippen molar-refractivity contribution >= 4 is 30.7 Å². The van der Waals surface area contributed by atoms with Crippen molar-refractivity contribution in [1.29, 1.82) is 0 Å². The van der Waals surface area contributed by atoms with Gasteiger partial charge in [-0.1, -0.05) is 18.2 Å². The topological polar surface area (TPSA) is 86.5 Å². The lowest BCUT2D eigenvalue weighted by Crippen LogP contribution is -2.21. The van der Waals surface area contributed by atoms with Gasteiger partial charge in [0, 0.05) is 31.0 Å². The number of methoxy groups -OCH3 is 1. The number of carbonyl (C=O) groups is 1. The summed E-state index contributed by atoms with van der Waals surface area (Å²) in [5.41, 5.74) is 7.11. The first-order valence-corrected chi connectivity index (χ1v) is 6.87. The van der Waals surface area contributed by atoms with Crippen molar-refractivity contribution in [3.63, 3.8) is 0 Å². The lowest BCUT2D eigenvalue weighted by atomic mass is 10.1. The molecule has 0 atom stereocenters. The van der Waals surface area contributed by atoms with Crippen LogP contribution in [-0.4, -0.2) is 24.6 Å². The van der Waals surface area contributed by atoms with E-state index in [0.717, 1.165) is 11.1 Å². The molecule has 0 saturated carbocycles. The van der Waals surface area contributed by atoms with E-state index >= 15 is 0 Å². The number of primary amides is 1. The van der Waals surface area contributed by atoms with Crippen LogP contribution in [-0.2, 0) is 17.9 Å². The number of halogens is 2. The fraction of sp³-hybridized carbons (Fsp3) is 0.250. The lowest BCUT2D eigenvalue weighted by molar-refractivity contribution is -0.119. The summed E-state index contributed by atoms with van der Waals surface area (Å²) in [5.74, 6) is 0.574. The summed E-state index contributed by atoms with van der Waals surface area (Å²) >= 11 is 0. The third-order valence-electron chi connectivity index (χ3n) is 3.01. The van der Waals surface area contributed by atoms with Crippen LogP contribution in [0.3, 0.4) is 0 Å². The van der Waals surface area contributed by atoms with E-state index in [1.54, 1.807) is 19.4 Å². The molecule has 0 bridgehead atoms. The van der Waals surface area contributed by atoms with Crippen LogP contribution in [0.4, 0.5) is 0 Å². The second kappa shape index (κ2) is 11.5. The van der Waals surface area contributed by atoms with Gasteiger partial charge in [0.1, 0.15) is 0 Å². The largest absolute Gasteiger partial charge is 0.493 e. The van der Waals surface area contributed by atoms with Gasteiger partial charge in [-0.25, -0.2) is 0 Å². The van der Waals surface area contributed by atoms with Crippen molar-refractivity contribution in [2.75, 3.05) is 13.7 Å². The maximum atomic E-state index is 10.9. The second-order valence-corrected chi connectivity index (χ2v) is 4.67. The Kier molecular flexibility index (Phi) is 10.5. The van der Waals surface area contributed by atoms with Gasteiger partial charge in [0.2, 0.25) is 0 Å². The molecule has 6 nitrogen and oxygen atoms in total. The smallest absolute Gasteiger partial charge is 0.255 e. The maximum Gasteiger partial charge on any atom is 0.255 e. The van der Waals surface area contributed by atoms with Crippen LogP contribution >= 0.6 is 24.8 Å². The molecule has 8 heteroatoms. The zero-order valence-corrected chi connectivity index (χ0v) is 14.9. The van der Waals surface area contributed by atoms with E-state index in [4.69, 9.17) is 15.2 Å². The molecule has 2 rings (SSSR count). The van der Waals surface area contributed by atoms with E-state index in [1.807, 2.05) is 30.5 Å². The highest BCUT2D eigenvalue weighted by atomic mass is 35.5. The number of nitrogens with zero attached hydrogens (tertiary/aromatic N) is 1. The van der Waals surface area contributed by atoms with E-state index < -0.39 is 5.91 Å². The number of ether oxygens (including phenoxy) is 2. The molecule has 0 radical (unpaired) electrons. The van der Waals surface area contributed by atoms with E-state index in [1.165, 1.54) is 0 Å². The van der Waals surface area contributed by atoms with Gasteiger partial charge in [0.25, 0.3) is 5.91 Å². The fourth-order valence-electron chi connectivity index (χ4n) is 2.01. The molecule has 0 saturated heterocycles. The van der Waals surface area contributed by atoms with Gasteiger partial charge in [-0.05, 0) is 17.7 Å². The number of amides is 1. The second-order valence-electron chi connectivity index (χ2n) is 4.67. The van der Waals surface area contributed by atoms with Crippen LogP contribution in [0.2, 0.25) is 0 Å². The highest BCUT2D eigenvalue weighted by Gasteiger charge is 2.11. The van der Waals surface area contributed by atoms with Crippen LogP contribution in [0.25, 0.3) is 0 Å². The molecule has 1 aromatic heterocycles. The highest BCUT2D eigenvalue weighted by Crippen LogP contribution is 2.31. The zero-order chi connectivity index (χ0) is 15.8. The monoisotopic (exact) mass is 373 g/mol. The van der Waals surface area contributed by atoms with Gasteiger partial charge < -0.3 is 20.5 Å². The predicted molar refractivity (Wildman–Crippen MR) is 97.0 cm³/mol. The predicted octanol–water partition coefficient (Wildman–Crippen LogP) is 2.09. The summed E-state index contributed by atoms with van der Waals surface area (Å²) in [6.07, 6.45) is 3.55. The SMILES string of the molecule is COc1cccc(CNCc2cccnc2)c1OCC(N)=O.Cl.Cl. The first-order chi connectivity index (χ1) is 10.7. The Morgan fingerprint density at radius 3 is 2.62 bits per heavy atom. The quantitative estimate of drug-likeness (QED) is 0.739. The number of rotatable bonds is 8. The molecule has 3 N–H and O–H groups in total. The molecule has 1 aromatic carbocycles. The number of nitrogens with two attached hydrogens (primary N) is 1. The molecule has 0 aliphatic carbocycles. The van der Waals surface area contributed by atoms with E-state index in [9.17, 15) is 4.79 Å². The molecule has 24 heavy (non-hydrogen) atoms. The van der Waals surface area contributed by atoms with Gasteiger partial charge in [-0.15, -0.1) is 24.8 Å². The fourth-order valence-corrected chi connectivity index (χ4v) is 2.01. The van der Waals surface area contributed by atoms with Crippen molar-refractivity contribution in [2.24, 2.45) is 5.73 Å². The van der Waals surface area contributed by atoms with Crippen molar-refractivity contribution < 1.29 is 14.3 Å². The zero-order valence-electron chi connectivity index (χ0n) is 13.2. The molecule has 0 spiro atoms. The van der Waals surface area contributed by atoms with Gasteiger partial charge in [0.15, 0.2) is 18.1 Å². The Labute approximate surface area is 153 Å². The number of carbonyl (C=O) groups excluding carboxylic acids is 1. The van der Waals surface area contributed by atoms with Crippen LogP contribution in [0.1, 0.15) is 11.1 Å². The third kappa shape index (κ3) is 6.62. The minimum Gasteiger partial charge on any atom is -0.493 e. The van der Waals surface area contributed by atoms with E-state index in [2.05, 4.69) is 10.3 Å². The molecular formula is C16H21Cl2N3O3. The Balaban J connectivity index is 0.00000264. The van der Waals surface area contributed by atoms with Gasteiger partial charge in [0.05, 0.1) is 7.11 Å². The van der Waals surface area contributed by atoms with Gasteiger partial charge in [-0.2, -0.15) is 0 Å². The summed E-state index contributed by atoms with van der Waals surface area (Å²) in [4.78, 5) is 15.0. The first-order valence-electron chi connectivity index (χ1n) is 6.87. The van der Waals surface area contributed by atoms with Crippen LogP contribution in [0, 0.1) is 0 Å². The van der Waals surface area contributed by atoms with Crippen LogP contribution in [0.15, 0.2) is 42.7 Å². The van der Waals surface area contributed by atoms with Crippen molar-refractivity contribution in [2.45, 2.75) is 13.1 Å². The summed E-state index contributed by atoms with van der Waals surface area (Å²) in [6.45, 7) is 1.07. The lowest BCUT2D eigenvalue weighted by Gasteiger charge is -2.14. The van der Waals surface area contributed by atoms with Crippen LogP contribution in [0.5, 0.6) is 11.5 Å². The third-order valence-corrected chi connectivity index (χ3v) is 3.01. The Morgan fingerprint density at radius 2 is 2.00 bits per heavy atom. The Hall–Kier alpha value is -2.02. The van der Waals surface area contributed by atoms with E-state index in [0.29, 0.717) is 24.6 Å². The number of aromatic nitrogens is 1. The van der Waals surface area contributed by atoms with Crippen LogP contribution < -0.4 is 20.5 Å². The van der Waals surface area contributed by atoms with Crippen molar-refractivity contribution in [3.8, 4) is 11.5 Å². The highest BCUT2D eigenvalue weighted by molar-refractivity contribution is 5.85. The minimum atomic E-state index is -0.528. The Morgan fingerprint density at radius 1 is 1.21 bits per heavy atom. The maximum absolute atomic E-state index is 10.9. The van der Waals surface area contributed by atoms with Crippen molar-refractivity contribution in [1.82, 2.24) is 10.3 Å². The molecule has 1 heterocycles. The summed E-state index contributed by atoms with van der Waals surface area (Å²) in [7, 11) is 1.55. The van der Waals surface area contributed by atoms with Crippen molar-refractivity contribution in [3.05, 3.63) is 53.9 Å². The number of para-hydroxylation sites is 1. The number of pyridine rings is 1. The summed E-state index contributed by atoms with van der Waals surface area (Å²) in [5, 5.41) is 3.31. The normalized spacial score (nSPS) is 9.38. The standard InChI is InChI=1S/C16H19N3O3.2ClH/c1-21-14-6-2-5-13(16(14)22-11-15(17)20)10-19-9-12-4-3-7-18-8-12;;/h2-8,19H,9-11H2,1H3,(H2,17,20);2*1H. The van der Waals surface area contributed by atoms with Gasteiger partial charge in [-0.3, -0.25) is 9.78 Å². The molecule has 0 fully saturated rings. The molecule has 132 valence electrons. The number of benzene rings is 1. The number of hydrogen-bond acceptors (Lipinski definition) is 5. The molecule has 0 aliphatic heterocycles. The summed E-state index contributed by atoms with van der Waals surface area (Å²) < 4.78 is 10.7. The number of nitrogens with one attached hydrogen (secondary N) is 1. The van der Waals surface area contributed by atoms with Gasteiger partial charge >= 0.3 is 0 Å². The molecule has 0 unspecified atom stereocenters. The molecule has 1 amide bonds. The first kappa shape index (κ1) is 22.0. The number of hydrogen-bond donors (Lipinski definition) is 2. The average Bonchev–Trinajstić information content (AvgIpc) is 2.54. The minimum absolute atomic E-state index is 0. The Bertz CT molecular complexity index is 627. The molecule has 2 aromatic rings. The average molecular weight is 374 g/mol.